The highest BCUT2D eigenvalue weighted by Gasteiger charge is 2.22. The molecule has 0 saturated carbocycles. The second-order valence-corrected chi connectivity index (χ2v) is 9.70. The van der Waals surface area contributed by atoms with Crippen molar-refractivity contribution in [2.24, 2.45) is 0 Å². The van der Waals surface area contributed by atoms with E-state index in [0.717, 1.165) is 0 Å². The van der Waals surface area contributed by atoms with E-state index < -0.39 is 8.07 Å². The van der Waals surface area contributed by atoms with E-state index in [2.05, 4.69) is 27.3 Å². The average Bonchev–Trinajstić information content (AvgIpc) is 2.11. The van der Waals surface area contributed by atoms with Crippen molar-refractivity contribution < 1.29 is 0 Å². The monoisotopic (exact) mass is 186 g/mol. The fraction of sp³-hybridized carbons (Fsp3) is 1.00. The maximum atomic E-state index is 2.60. The Kier molecular flexibility index (Phi) is 6.82. The second kappa shape index (κ2) is 6.70. The number of rotatable bonds is 7. The van der Waals surface area contributed by atoms with Crippen LogP contribution in [0.15, 0.2) is 0 Å². The molecule has 12 heavy (non-hydrogen) atoms. The van der Waals surface area contributed by atoms with Crippen LogP contribution in [-0.4, -0.2) is 8.07 Å². The predicted molar refractivity (Wildman–Crippen MR) is 61.5 cm³/mol. The van der Waals surface area contributed by atoms with Crippen molar-refractivity contribution in [3.05, 3.63) is 0 Å². The van der Waals surface area contributed by atoms with Gasteiger partial charge < -0.3 is 0 Å². The Bertz CT molecular complexity index is 91.2. The van der Waals surface area contributed by atoms with Crippen LogP contribution in [0.4, 0.5) is 0 Å². The van der Waals surface area contributed by atoms with Crippen LogP contribution in [0.3, 0.4) is 0 Å². The fourth-order valence-corrected chi connectivity index (χ4v) is 5.06. The van der Waals surface area contributed by atoms with Gasteiger partial charge >= 0.3 is 0 Å². The molecule has 0 aliphatic carbocycles. The fourth-order valence-electron chi connectivity index (χ4n) is 1.69. The van der Waals surface area contributed by atoms with Crippen LogP contribution < -0.4 is 0 Å². The molecule has 0 nitrogen and oxygen atoms in total. The average molecular weight is 186 g/mol. The van der Waals surface area contributed by atoms with Gasteiger partial charge in [0.25, 0.3) is 0 Å². The van der Waals surface area contributed by atoms with Gasteiger partial charge in [0, 0.05) is 0 Å². The minimum Gasteiger partial charge on any atom is -0.0692 e. The van der Waals surface area contributed by atoms with Gasteiger partial charge in [0.15, 0.2) is 0 Å². The van der Waals surface area contributed by atoms with E-state index >= 15 is 0 Å². The van der Waals surface area contributed by atoms with Gasteiger partial charge in [-0.3, -0.25) is 0 Å². The van der Waals surface area contributed by atoms with Crippen LogP contribution in [-0.2, 0) is 0 Å². The van der Waals surface area contributed by atoms with Gasteiger partial charge in [-0.2, -0.15) is 0 Å². The molecule has 0 unspecified atom stereocenters. The van der Waals surface area contributed by atoms with Gasteiger partial charge in [-0.1, -0.05) is 71.1 Å². The summed E-state index contributed by atoms with van der Waals surface area (Å²) < 4.78 is 0. The molecule has 0 radical (unpaired) electrons. The van der Waals surface area contributed by atoms with Gasteiger partial charge in [-0.25, -0.2) is 0 Å². The van der Waals surface area contributed by atoms with E-state index in [-0.39, 0.29) is 0 Å². The van der Waals surface area contributed by atoms with Gasteiger partial charge in [0.05, 0.1) is 8.07 Å². The number of hydrogen-bond donors (Lipinski definition) is 0. The Hall–Kier alpha value is 0.217. The standard InChI is InChI=1S/C11H26Si/c1-5-8-10-12(4,7-3)11-9-6-2/h5-11H2,1-4H3. The molecule has 0 aliphatic heterocycles. The van der Waals surface area contributed by atoms with Crippen molar-refractivity contribution in [1.29, 1.82) is 0 Å². The first-order valence-corrected chi connectivity index (χ1v) is 8.80. The minimum absolute atomic E-state index is 0.765. The van der Waals surface area contributed by atoms with Gasteiger partial charge in [-0.05, 0) is 0 Å². The Morgan fingerprint density at radius 3 is 1.50 bits per heavy atom. The number of unbranched alkanes of at least 4 members (excludes halogenated alkanes) is 2. The summed E-state index contributed by atoms with van der Waals surface area (Å²) in [6.45, 7) is 9.62. The zero-order chi connectivity index (χ0) is 9.45. The zero-order valence-electron chi connectivity index (χ0n) is 9.45. The second-order valence-electron chi connectivity index (χ2n) is 4.37. The van der Waals surface area contributed by atoms with Gasteiger partial charge in [0.1, 0.15) is 0 Å². The first kappa shape index (κ1) is 12.2. The lowest BCUT2D eigenvalue weighted by molar-refractivity contribution is 0.823. The largest absolute Gasteiger partial charge is 0.0692 e. The summed E-state index contributed by atoms with van der Waals surface area (Å²) >= 11 is 0. The molecule has 0 aliphatic rings. The zero-order valence-corrected chi connectivity index (χ0v) is 10.4. The normalized spacial score (nSPS) is 12.0. The molecule has 0 heterocycles. The van der Waals surface area contributed by atoms with E-state index in [1.807, 2.05) is 0 Å². The van der Waals surface area contributed by atoms with Crippen LogP contribution in [0.1, 0.15) is 46.5 Å². The molecule has 0 bridgehead atoms. The SMILES string of the molecule is CCCC[Si](C)(CC)CCCC. The third-order valence-electron chi connectivity index (χ3n) is 3.12. The predicted octanol–water partition coefficient (Wildman–Crippen LogP) is 4.69. The Morgan fingerprint density at radius 1 is 0.833 bits per heavy atom. The topological polar surface area (TPSA) is 0 Å². The molecule has 0 aromatic rings. The van der Waals surface area contributed by atoms with Crippen LogP contribution in [0.2, 0.25) is 24.7 Å². The molecule has 1 heteroatoms. The molecule has 0 N–H and O–H groups in total. The van der Waals surface area contributed by atoms with Gasteiger partial charge in [-0.15, -0.1) is 0 Å². The third-order valence-corrected chi connectivity index (χ3v) is 7.95. The summed E-state index contributed by atoms with van der Waals surface area (Å²) in [6, 6.07) is 4.63. The smallest absolute Gasteiger partial charge is 0.0502 e. The number of hydrogen-bond acceptors (Lipinski definition) is 0. The lowest BCUT2D eigenvalue weighted by Gasteiger charge is -2.25. The van der Waals surface area contributed by atoms with Crippen molar-refractivity contribution in [2.75, 3.05) is 0 Å². The first-order valence-electron chi connectivity index (χ1n) is 5.68. The molecule has 0 fully saturated rings. The maximum absolute atomic E-state index is 2.60. The molecule has 0 amide bonds. The molecule has 0 saturated heterocycles. The first-order chi connectivity index (χ1) is 5.68. The summed E-state index contributed by atoms with van der Waals surface area (Å²) in [5, 5.41) is 0. The van der Waals surface area contributed by atoms with Crippen molar-refractivity contribution >= 4 is 8.07 Å². The van der Waals surface area contributed by atoms with Crippen LogP contribution in [0, 0.1) is 0 Å². The van der Waals surface area contributed by atoms with E-state index in [4.69, 9.17) is 0 Å². The molecule has 0 aromatic carbocycles. The van der Waals surface area contributed by atoms with Crippen LogP contribution >= 0.6 is 0 Å². The summed E-state index contributed by atoms with van der Waals surface area (Å²) in [5.41, 5.74) is 0. The summed E-state index contributed by atoms with van der Waals surface area (Å²) in [6.07, 6.45) is 5.71. The maximum Gasteiger partial charge on any atom is 0.0502 e. The Labute approximate surface area is 79.8 Å². The highest BCUT2D eigenvalue weighted by molar-refractivity contribution is 6.78. The van der Waals surface area contributed by atoms with E-state index in [1.165, 1.54) is 31.7 Å². The summed E-state index contributed by atoms with van der Waals surface area (Å²) in [5.74, 6) is 0. The van der Waals surface area contributed by atoms with Gasteiger partial charge in [0.2, 0.25) is 0 Å². The lowest BCUT2D eigenvalue weighted by atomic mass is 10.4. The quantitative estimate of drug-likeness (QED) is 0.506. The van der Waals surface area contributed by atoms with Crippen molar-refractivity contribution in [1.82, 2.24) is 0 Å². The van der Waals surface area contributed by atoms with Crippen LogP contribution in [0.25, 0.3) is 0 Å². The van der Waals surface area contributed by atoms with Crippen molar-refractivity contribution in [2.45, 2.75) is 71.1 Å². The van der Waals surface area contributed by atoms with E-state index in [1.54, 1.807) is 12.1 Å². The Morgan fingerprint density at radius 2 is 1.25 bits per heavy atom. The molecule has 0 atom stereocenters. The molecule has 74 valence electrons. The molecule has 0 aromatic heterocycles. The summed E-state index contributed by atoms with van der Waals surface area (Å²) in [7, 11) is -0.765. The van der Waals surface area contributed by atoms with Crippen LogP contribution in [0.5, 0.6) is 0 Å². The van der Waals surface area contributed by atoms with E-state index in [0.29, 0.717) is 0 Å². The molecular weight excluding hydrogens is 160 g/mol. The summed E-state index contributed by atoms with van der Waals surface area (Å²) in [4.78, 5) is 0. The van der Waals surface area contributed by atoms with E-state index in [9.17, 15) is 0 Å². The molecule has 0 spiro atoms. The third kappa shape index (κ3) is 4.97. The highest BCUT2D eigenvalue weighted by atomic mass is 28.3. The van der Waals surface area contributed by atoms with Crippen molar-refractivity contribution in [3.8, 4) is 0 Å². The van der Waals surface area contributed by atoms with Crippen molar-refractivity contribution in [3.63, 3.8) is 0 Å². The molecule has 0 rings (SSSR count). The highest BCUT2D eigenvalue weighted by Crippen LogP contribution is 2.25. The molecular formula is C11H26Si. The minimum atomic E-state index is -0.765. The Balaban J connectivity index is 3.70. The lowest BCUT2D eigenvalue weighted by Crippen LogP contribution is -2.28.